The maximum absolute atomic E-state index is 13.6. The molecule has 0 radical (unpaired) electrons. The molecule has 0 spiro atoms. The topological polar surface area (TPSA) is 144 Å². The number of rotatable bonds is 9. The van der Waals surface area contributed by atoms with E-state index in [0.717, 1.165) is 12.8 Å². The van der Waals surface area contributed by atoms with Crippen LogP contribution >= 0.6 is 0 Å². The summed E-state index contributed by atoms with van der Waals surface area (Å²) in [6, 6.07) is 4.77. The van der Waals surface area contributed by atoms with E-state index in [1.807, 2.05) is 20.9 Å². The summed E-state index contributed by atoms with van der Waals surface area (Å²) in [6.45, 7) is 8.36. The van der Waals surface area contributed by atoms with Gasteiger partial charge in [-0.25, -0.2) is 13.4 Å². The number of ether oxygens (including phenoxy) is 1. The van der Waals surface area contributed by atoms with Gasteiger partial charge in [0.05, 0.1) is 22.8 Å². The van der Waals surface area contributed by atoms with E-state index in [-0.39, 0.29) is 16.0 Å². The number of hydrogen-bond acceptors (Lipinski definition) is 9. The fourth-order valence-electron chi connectivity index (χ4n) is 4.79. The summed E-state index contributed by atoms with van der Waals surface area (Å²) in [5, 5.41) is 11.6. The van der Waals surface area contributed by atoms with Gasteiger partial charge in [-0.2, -0.15) is 19.1 Å². The third kappa shape index (κ3) is 5.02. The number of fused-ring (bicyclic) bond motifs is 1. The second-order valence-electron chi connectivity index (χ2n) is 10.0. The first-order valence-corrected chi connectivity index (χ1v) is 14.9. The number of aromatic amines is 1. The first-order chi connectivity index (χ1) is 19.1. The largest absolute Gasteiger partial charge is 0.493 e. The number of H-pyrrole nitrogens is 1. The Labute approximate surface area is 232 Å². The van der Waals surface area contributed by atoms with Gasteiger partial charge < -0.3 is 9.64 Å². The number of likely N-dealkylation sites (N-methyl/N-ethyl adjacent to an activating group) is 1. The maximum Gasteiger partial charge on any atom is 0.281 e. The molecular formula is C26H35N9O4S. The van der Waals surface area contributed by atoms with Crippen LogP contribution in [0.2, 0.25) is 0 Å². The van der Waals surface area contributed by atoms with Crippen LogP contribution in [0.15, 0.2) is 27.9 Å². The van der Waals surface area contributed by atoms with E-state index in [4.69, 9.17) is 9.72 Å². The van der Waals surface area contributed by atoms with E-state index in [1.165, 1.54) is 8.87 Å². The van der Waals surface area contributed by atoms with Gasteiger partial charge in [0.1, 0.15) is 22.9 Å². The number of aromatic nitrogens is 7. The van der Waals surface area contributed by atoms with Crippen molar-refractivity contribution in [2.75, 3.05) is 39.8 Å². The molecule has 1 N–H and O–H groups in total. The lowest BCUT2D eigenvalue weighted by Crippen LogP contribution is -2.47. The molecule has 1 aliphatic heterocycles. The maximum atomic E-state index is 13.6. The highest BCUT2D eigenvalue weighted by Gasteiger charge is 2.29. The van der Waals surface area contributed by atoms with E-state index in [1.54, 1.807) is 36.9 Å². The molecule has 0 saturated carbocycles. The molecule has 14 heteroatoms. The van der Waals surface area contributed by atoms with Crippen LogP contribution in [0.1, 0.15) is 38.2 Å². The Balaban J connectivity index is 1.70. The lowest BCUT2D eigenvalue weighted by atomic mass is 10.1. The zero-order chi connectivity index (χ0) is 28.6. The monoisotopic (exact) mass is 569 g/mol. The van der Waals surface area contributed by atoms with Crippen molar-refractivity contribution in [1.29, 1.82) is 0 Å². The molecule has 0 bridgehead atoms. The molecule has 0 aliphatic carbocycles. The molecule has 13 nitrogen and oxygen atoms in total. The van der Waals surface area contributed by atoms with E-state index in [0.29, 0.717) is 79.3 Å². The van der Waals surface area contributed by atoms with Gasteiger partial charge in [0.25, 0.3) is 11.5 Å². The fraction of sp³-hybridized carbons (Fsp3) is 0.500. The summed E-state index contributed by atoms with van der Waals surface area (Å²) in [5.41, 5.74) is 1.38. The van der Waals surface area contributed by atoms with Gasteiger partial charge in [-0.3, -0.25) is 14.5 Å². The van der Waals surface area contributed by atoms with Crippen molar-refractivity contribution in [3.8, 4) is 23.1 Å². The number of nitrogens with zero attached hydrogens (tertiary/aromatic N) is 8. The second-order valence-corrected chi connectivity index (χ2v) is 12.0. The lowest BCUT2D eigenvalue weighted by Gasteiger charge is -2.31. The van der Waals surface area contributed by atoms with Gasteiger partial charge in [-0.1, -0.05) is 20.3 Å². The van der Waals surface area contributed by atoms with Crippen LogP contribution in [0.25, 0.3) is 28.4 Å². The van der Waals surface area contributed by atoms with Gasteiger partial charge in [-0.05, 0) is 45.0 Å². The molecule has 1 saturated heterocycles. The van der Waals surface area contributed by atoms with Crippen LogP contribution in [0.3, 0.4) is 0 Å². The third-order valence-electron chi connectivity index (χ3n) is 7.01. The average molecular weight is 570 g/mol. The number of benzene rings is 1. The first-order valence-electron chi connectivity index (χ1n) is 13.5. The highest BCUT2D eigenvalue weighted by Crippen LogP contribution is 2.33. The predicted octanol–water partition coefficient (Wildman–Crippen LogP) is 1.89. The standard InChI is InChI=1S/C26H35N9O4S/c1-6-8-20-22-23(31-35(20)26-27-17(3)29-30-26)25(36)33(5)24(28-22)19-16-18(9-10-21(19)39-15-7-2)40(37,38)34-13-11-32(4)12-14-34/h9-10,16H,6-8,11-15H2,1-5H3,(H,27,29,30). The molecule has 1 fully saturated rings. The molecule has 40 heavy (non-hydrogen) atoms. The number of hydrogen-bond donors (Lipinski definition) is 1. The van der Waals surface area contributed by atoms with Gasteiger partial charge in [0, 0.05) is 33.2 Å². The zero-order valence-electron chi connectivity index (χ0n) is 23.5. The Morgan fingerprint density at radius 3 is 2.42 bits per heavy atom. The molecule has 5 rings (SSSR count). The Morgan fingerprint density at radius 1 is 1.02 bits per heavy atom. The van der Waals surface area contributed by atoms with Gasteiger partial charge >= 0.3 is 0 Å². The summed E-state index contributed by atoms with van der Waals surface area (Å²) >= 11 is 0. The first kappa shape index (κ1) is 27.9. The van der Waals surface area contributed by atoms with Crippen LogP contribution in [0, 0.1) is 6.92 Å². The van der Waals surface area contributed by atoms with Crippen molar-refractivity contribution >= 4 is 21.1 Å². The fourth-order valence-corrected chi connectivity index (χ4v) is 6.24. The van der Waals surface area contributed by atoms with Crippen LogP contribution in [-0.2, 0) is 23.5 Å². The van der Waals surface area contributed by atoms with E-state index in [2.05, 4.69) is 25.2 Å². The van der Waals surface area contributed by atoms with Crippen LogP contribution in [-0.4, -0.2) is 92.0 Å². The second kappa shape index (κ2) is 11.1. The number of aryl methyl sites for hydroxylation is 2. The predicted molar refractivity (Wildman–Crippen MR) is 150 cm³/mol. The lowest BCUT2D eigenvalue weighted by molar-refractivity contribution is 0.222. The minimum Gasteiger partial charge on any atom is -0.493 e. The highest BCUT2D eigenvalue weighted by molar-refractivity contribution is 7.89. The summed E-state index contributed by atoms with van der Waals surface area (Å²) in [5.74, 6) is 1.70. The number of sulfonamides is 1. The molecular weight excluding hydrogens is 534 g/mol. The molecule has 0 atom stereocenters. The Bertz CT molecular complexity index is 1700. The van der Waals surface area contributed by atoms with Gasteiger partial charge in [0.2, 0.25) is 10.0 Å². The SMILES string of the molecule is CCCOc1ccc(S(=O)(=O)N2CCN(C)CC2)cc1-c1nc2c(CCC)n(-c3n[nH]c(C)n3)nc2c(=O)n1C. The molecule has 4 heterocycles. The summed E-state index contributed by atoms with van der Waals surface area (Å²) in [6.07, 6.45) is 2.12. The van der Waals surface area contributed by atoms with E-state index in [9.17, 15) is 13.2 Å². The van der Waals surface area contributed by atoms with Crippen molar-refractivity contribution in [3.63, 3.8) is 0 Å². The average Bonchev–Trinajstić information content (AvgIpc) is 3.53. The zero-order valence-corrected chi connectivity index (χ0v) is 24.3. The summed E-state index contributed by atoms with van der Waals surface area (Å²) < 4.78 is 37.7. The van der Waals surface area contributed by atoms with Crippen molar-refractivity contribution < 1.29 is 13.2 Å². The normalized spacial score (nSPS) is 15.2. The minimum atomic E-state index is -3.77. The van der Waals surface area contributed by atoms with Gasteiger partial charge in [0.15, 0.2) is 5.52 Å². The molecule has 214 valence electrons. The number of piperazine rings is 1. The molecule has 0 amide bonds. The smallest absolute Gasteiger partial charge is 0.281 e. The van der Waals surface area contributed by atoms with Crippen LogP contribution in [0.4, 0.5) is 0 Å². The van der Waals surface area contributed by atoms with Gasteiger partial charge in [-0.15, -0.1) is 5.10 Å². The molecule has 0 unspecified atom stereocenters. The molecule has 1 aliphatic rings. The van der Waals surface area contributed by atoms with E-state index >= 15 is 0 Å². The number of nitrogens with one attached hydrogen (secondary N) is 1. The Morgan fingerprint density at radius 2 is 1.77 bits per heavy atom. The van der Waals surface area contributed by atoms with E-state index < -0.39 is 10.0 Å². The Kier molecular flexibility index (Phi) is 7.75. The van der Waals surface area contributed by atoms with Crippen molar-refractivity contribution in [1.82, 2.24) is 43.7 Å². The van der Waals surface area contributed by atoms with Crippen molar-refractivity contribution in [2.45, 2.75) is 44.9 Å². The molecule has 4 aromatic rings. The van der Waals surface area contributed by atoms with Crippen molar-refractivity contribution in [2.24, 2.45) is 7.05 Å². The quantitative estimate of drug-likeness (QED) is 0.319. The summed E-state index contributed by atoms with van der Waals surface area (Å²) in [4.78, 5) is 25.2. The van der Waals surface area contributed by atoms with Crippen molar-refractivity contribution in [3.05, 3.63) is 40.1 Å². The Hall–Kier alpha value is -3.62. The van der Waals surface area contributed by atoms with Crippen LogP contribution in [0.5, 0.6) is 5.75 Å². The van der Waals surface area contributed by atoms with Crippen LogP contribution < -0.4 is 10.3 Å². The summed E-state index contributed by atoms with van der Waals surface area (Å²) in [7, 11) is -0.189. The third-order valence-corrected chi connectivity index (χ3v) is 8.91. The molecule has 3 aromatic heterocycles. The molecule has 1 aromatic carbocycles. The minimum absolute atomic E-state index is 0.130. The highest BCUT2D eigenvalue weighted by atomic mass is 32.2.